The number of hydrogen-bond acceptors (Lipinski definition) is 4. The molecule has 92 heavy (non-hydrogen) atoms. The highest BCUT2D eigenvalue weighted by atomic mass is 16.5. The smallest absolute Gasteiger partial charge is 0.135 e. The lowest BCUT2D eigenvalue weighted by atomic mass is 9.68. The van der Waals surface area contributed by atoms with Gasteiger partial charge in [-0.2, -0.15) is 0 Å². The molecule has 0 saturated carbocycles. The van der Waals surface area contributed by atoms with E-state index in [9.17, 15) is 10.2 Å². The van der Waals surface area contributed by atoms with Crippen LogP contribution in [0.2, 0.25) is 0 Å². The van der Waals surface area contributed by atoms with Crippen molar-refractivity contribution >= 4 is 43.1 Å². The predicted molar refractivity (Wildman–Crippen MR) is 384 cm³/mol. The van der Waals surface area contributed by atoms with Crippen molar-refractivity contribution < 1.29 is 19.7 Å². The van der Waals surface area contributed by atoms with Gasteiger partial charge >= 0.3 is 0 Å². The summed E-state index contributed by atoms with van der Waals surface area (Å²) in [4.78, 5) is 0. The Morgan fingerprint density at radius 2 is 0.446 bits per heavy atom. The first-order valence-electron chi connectivity index (χ1n) is 31.6. The fourth-order valence-electron chi connectivity index (χ4n) is 13.5. The second-order valence-corrected chi connectivity index (χ2v) is 24.0. The largest absolute Gasteiger partial charge is 0.490 e. The molecule has 0 radical (unpaired) electrons. The van der Waals surface area contributed by atoms with Gasteiger partial charge in [0, 0.05) is 27.7 Å². The van der Waals surface area contributed by atoms with E-state index in [1.54, 1.807) is 0 Å². The van der Waals surface area contributed by atoms with Crippen LogP contribution in [0.25, 0.3) is 132 Å². The first-order chi connectivity index (χ1) is 45.3. The summed E-state index contributed by atoms with van der Waals surface area (Å²) in [6.45, 7) is 2.22. The number of aliphatic hydroxyl groups is 2. The van der Waals surface area contributed by atoms with Gasteiger partial charge < -0.3 is 19.7 Å². The van der Waals surface area contributed by atoms with Crippen LogP contribution in [0.15, 0.2) is 322 Å². The lowest BCUT2D eigenvalue weighted by Gasteiger charge is -2.35. The molecule has 4 nitrogen and oxygen atoms in total. The van der Waals surface area contributed by atoms with E-state index in [0.717, 1.165) is 149 Å². The molecular weight excluding hydrogens is 1120 g/mol. The average molecular weight is 1190 g/mol. The van der Waals surface area contributed by atoms with Gasteiger partial charge in [0.1, 0.15) is 24.7 Å². The zero-order chi connectivity index (χ0) is 62.0. The standard InChI is InChI=1S/C88H66O4/c1-88(79-25-15-6-16-26-79,80-55-82(75-39-35-67-47-63(27-31-71(67)51-75)59-17-7-2-8-18-59)86(91-45-43-89)83(56-80)76-40-36-68-48-64(28-32-72(68)52-76)60-19-9-3-10-20-60)81-57-84(77-41-37-69-49-65(29-33-73(69)53-77)61-21-11-4-12-22-61)87(92-46-44-90)85(58-81)78-42-38-70-50-66(30-34-74(70)54-78)62-23-13-5-14-24-62/h2-42,47-58,89-90H,43-46H2,1H3. The van der Waals surface area contributed by atoms with Crippen molar-refractivity contribution in [2.24, 2.45) is 0 Å². The zero-order valence-electron chi connectivity index (χ0n) is 51.1. The van der Waals surface area contributed by atoms with Crippen LogP contribution < -0.4 is 9.47 Å². The Bertz CT molecular complexity index is 4590. The van der Waals surface area contributed by atoms with Crippen LogP contribution in [0.1, 0.15) is 23.6 Å². The zero-order valence-corrected chi connectivity index (χ0v) is 51.1. The monoisotopic (exact) mass is 1190 g/mol. The summed E-state index contributed by atoms with van der Waals surface area (Å²) in [6, 6.07) is 116. The summed E-state index contributed by atoms with van der Waals surface area (Å²) in [5, 5.41) is 30.2. The molecule has 0 heterocycles. The molecule has 15 aromatic rings. The van der Waals surface area contributed by atoms with E-state index in [-0.39, 0.29) is 26.4 Å². The van der Waals surface area contributed by atoms with Gasteiger partial charge in [-0.25, -0.2) is 0 Å². The molecule has 15 rings (SSSR count). The van der Waals surface area contributed by atoms with Crippen LogP contribution >= 0.6 is 0 Å². The quantitative estimate of drug-likeness (QED) is 0.0892. The van der Waals surface area contributed by atoms with Gasteiger partial charge in [0.2, 0.25) is 0 Å². The molecule has 0 bridgehead atoms. The number of fused-ring (bicyclic) bond motifs is 4. The van der Waals surface area contributed by atoms with Crippen molar-refractivity contribution in [3.05, 3.63) is 338 Å². The van der Waals surface area contributed by atoms with E-state index in [0.29, 0.717) is 11.5 Å². The van der Waals surface area contributed by atoms with E-state index >= 15 is 0 Å². The Morgan fingerprint density at radius 1 is 0.228 bits per heavy atom. The number of benzene rings is 15. The third-order valence-corrected chi connectivity index (χ3v) is 18.4. The molecular formula is C88H66O4. The Balaban J connectivity index is 0.986. The van der Waals surface area contributed by atoms with E-state index in [1.807, 2.05) is 0 Å². The Kier molecular flexibility index (Phi) is 15.6. The summed E-state index contributed by atoms with van der Waals surface area (Å²) in [5.74, 6) is 1.37. The molecule has 0 atom stereocenters. The lowest BCUT2D eigenvalue weighted by molar-refractivity contribution is 0.202. The number of hydrogen-bond donors (Lipinski definition) is 2. The number of ether oxygens (including phenoxy) is 2. The van der Waals surface area contributed by atoms with Crippen LogP contribution in [-0.4, -0.2) is 36.6 Å². The average Bonchev–Trinajstić information content (AvgIpc) is 0.738. The normalized spacial score (nSPS) is 11.6. The molecule has 15 aromatic carbocycles. The first-order valence-corrected chi connectivity index (χ1v) is 31.6. The van der Waals surface area contributed by atoms with Crippen molar-refractivity contribution in [1.82, 2.24) is 0 Å². The summed E-state index contributed by atoms with van der Waals surface area (Å²) >= 11 is 0. The summed E-state index contributed by atoms with van der Waals surface area (Å²) in [6.07, 6.45) is 0. The molecule has 4 heteroatoms. The van der Waals surface area contributed by atoms with E-state index in [4.69, 9.17) is 9.47 Å². The van der Waals surface area contributed by atoms with Crippen molar-refractivity contribution in [2.45, 2.75) is 12.3 Å². The van der Waals surface area contributed by atoms with Crippen molar-refractivity contribution in [3.63, 3.8) is 0 Å². The van der Waals surface area contributed by atoms with Gasteiger partial charge in [-0.05, 0) is 206 Å². The molecule has 0 aliphatic rings. The predicted octanol–water partition coefficient (Wildman–Crippen LogP) is 21.7. The third-order valence-electron chi connectivity index (χ3n) is 18.4. The molecule has 0 saturated heterocycles. The molecule has 0 amide bonds. The van der Waals surface area contributed by atoms with Crippen molar-refractivity contribution in [3.8, 4) is 101 Å². The Morgan fingerprint density at radius 3 is 0.685 bits per heavy atom. The maximum atomic E-state index is 10.7. The molecule has 0 aromatic heterocycles. The van der Waals surface area contributed by atoms with E-state index in [2.05, 4.69) is 328 Å². The minimum absolute atomic E-state index is 0.0952. The number of rotatable bonds is 17. The maximum Gasteiger partial charge on any atom is 0.135 e. The van der Waals surface area contributed by atoms with E-state index < -0.39 is 5.41 Å². The van der Waals surface area contributed by atoms with Gasteiger partial charge in [0.05, 0.1) is 13.2 Å². The molecule has 0 aliphatic carbocycles. The molecule has 0 spiro atoms. The maximum absolute atomic E-state index is 10.7. The minimum Gasteiger partial charge on any atom is -0.490 e. The number of aliphatic hydroxyl groups excluding tert-OH is 2. The van der Waals surface area contributed by atoms with Gasteiger partial charge in [-0.1, -0.05) is 249 Å². The molecule has 0 unspecified atom stereocenters. The molecule has 2 N–H and O–H groups in total. The summed E-state index contributed by atoms with van der Waals surface area (Å²) in [5.41, 5.74) is 19.1. The van der Waals surface area contributed by atoms with Crippen LogP contribution in [0.5, 0.6) is 11.5 Å². The summed E-state index contributed by atoms with van der Waals surface area (Å²) < 4.78 is 13.9. The third kappa shape index (κ3) is 11.2. The highest BCUT2D eigenvalue weighted by Gasteiger charge is 2.36. The second-order valence-electron chi connectivity index (χ2n) is 24.0. The van der Waals surface area contributed by atoms with Crippen LogP contribution in [0.3, 0.4) is 0 Å². The first kappa shape index (κ1) is 57.3. The second kappa shape index (κ2) is 25.0. The van der Waals surface area contributed by atoms with Crippen molar-refractivity contribution in [1.29, 1.82) is 0 Å². The lowest BCUT2D eigenvalue weighted by Crippen LogP contribution is -2.26. The molecule has 442 valence electrons. The highest BCUT2D eigenvalue weighted by Crippen LogP contribution is 2.52. The minimum atomic E-state index is -0.870. The summed E-state index contributed by atoms with van der Waals surface area (Å²) in [7, 11) is 0. The Hall–Kier alpha value is -11.1. The molecule has 0 fully saturated rings. The highest BCUT2D eigenvalue weighted by molar-refractivity contribution is 5.99. The fourth-order valence-corrected chi connectivity index (χ4v) is 13.5. The van der Waals surface area contributed by atoms with Crippen LogP contribution in [0, 0.1) is 0 Å². The Labute approximate surface area is 537 Å². The van der Waals surface area contributed by atoms with E-state index in [1.165, 1.54) is 0 Å². The van der Waals surface area contributed by atoms with Gasteiger partial charge in [-0.3, -0.25) is 0 Å². The van der Waals surface area contributed by atoms with Crippen LogP contribution in [0.4, 0.5) is 0 Å². The fraction of sp³-hybridized carbons (Fsp3) is 0.0682. The van der Waals surface area contributed by atoms with Gasteiger partial charge in [0.15, 0.2) is 0 Å². The molecule has 0 aliphatic heterocycles. The van der Waals surface area contributed by atoms with Crippen LogP contribution in [-0.2, 0) is 5.41 Å². The SMILES string of the molecule is CC(c1ccccc1)(c1cc(-c2ccc3cc(-c4ccccc4)ccc3c2)c(OCCO)c(-c2ccc3cc(-c4ccccc4)ccc3c2)c1)c1cc(-c2ccc3cc(-c4ccccc4)ccc3c2)c(OCCO)c(-c2ccc3cc(-c4ccccc4)ccc3c2)c1. The van der Waals surface area contributed by atoms with Gasteiger partial charge in [-0.15, -0.1) is 0 Å². The topological polar surface area (TPSA) is 58.9 Å². The van der Waals surface area contributed by atoms with Crippen molar-refractivity contribution in [2.75, 3.05) is 26.4 Å². The van der Waals surface area contributed by atoms with Gasteiger partial charge in [0.25, 0.3) is 0 Å².